The van der Waals surface area contributed by atoms with Crippen LogP contribution in [0.3, 0.4) is 0 Å². The number of hydrogen-bond acceptors (Lipinski definition) is 7. The third kappa shape index (κ3) is 2.48. The number of ketones is 3. The molecule has 0 unspecified atom stereocenters. The average Bonchev–Trinajstić information content (AvgIpc) is 2.49. The predicted octanol–water partition coefficient (Wildman–Crippen LogP) is 0.914. The summed E-state index contributed by atoms with van der Waals surface area (Å²) in [7, 11) is 0. The average molecular weight is 345 g/mol. The molecule has 0 bridgehead atoms. The highest BCUT2D eigenvalue weighted by molar-refractivity contribution is 6.25. The Morgan fingerprint density at radius 1 is 1.04 bits per heavy atom. The summed E-state index contributed by atoms with van der Waals surface area (Å²) < 4.78 is 0. The van der Waals surface area contributed by atoms with Gasteiger partial charge in [-0.05, 0) is 27.7 Å². The van der Waals surface area contributed by atoms with E-state index in [1.165, 1.54) is 13.8 Å². The van der Waals surface area contributed by atoms with Crippen LogP contribution in [0.4, 0.5) is 0 Å². The van der Waals surface area contributed by atoms with Crippen LogP contribution >= 0.6 is 0 Å². The molecule has 0 saturated heterocycles. The molecule has 1 aliphatic carbocycles. The molecule has 0 heterocycles. The van der Waals surface area contributed by atoms with E-state index in [0.29, 0.717) is 0 Å². The van der Waals surface area contributed by atoms with Crippen molar-refractivity contribution in [2.24, 2.45) is 0 Å². The van der Waals surface area contributed by atoms with Crippen LogP contribution in [0, 0.1) is 6.92 Å². The van der Waals surface area contributed by atoms with E-state index in [1.807, 2.05) is 0 Å². The summed E-state index contributed by atoms with van der Waals surface area (Å²) in [5.41, 5.74) is -3.25. The van der Waals surface area contributed by atoms with Gasteiger partial charge in [-0.3, -0.25) is 14.4 Å². The van der Waals surface area contributed by atoms with Crippen LogP contribution in [-0.4, -0.2) is 32.7 Å². The molecular weight excluding hydrogens is 328 g/mol. The minimum Gasteiger partial charge on any atom is -0.872 e. The second kappa shape index (κ2) is 5.77. The molecular formula is C18H17O7-. The third-order valence-electron chi connectivity index (χ3n) is 4.39. The molecule has 3 N–H and O–H groups in total. The molecule has 7 nitrogen and oxygen atoms in total. The lowest BCUT2D eigenvalue weighted by Crippen LogP contribution is -2.38. The van der Waals surface area contributed by atoms with Crippen LogP contribution in [0.15, 0.2) is 23.5 Å². The summed E-state index contributed by atoms with van der Waals surface area (Å²) in [4.78, 5) is 36.2. The van der Waals surface area contributed by atoms with E-state index in [4.69, 9.17) is 0 Å². The molecule has 0 fully saturated rings. The zero-order valence-corrected chi connectivity index (χ0v) is 14.1. The number of phenolic OH excluding ortho intramolecular Hbond substituents is 3. The fourth-order valence-electron chi connectivity index (χ4n) is 2.97. The van der Waals surface area contributed by atoms with E-state index in [2.05, 4.69) is 0 Å². The van der Waals surface area contributed by atoms with Crippen LogP contribution in [0.2, 0.25) is 0 Å². The first kappa shape index (κ1) is 18.3. The molecule has 1 aliphatic rings. The van der Waals surface area contributed by atoms with E-state index in [1.54, 1.807) is 0 Å². The minimum atomic E-state index is -1.76. The maximum absolute atomic E-state index is 12.8. The summed E-state index contributed by atoms with van der Waals surface area (Å²) in [5.74, 6) is -5.07. The summed E-state index contributed by atoms with van der Waals surface area (Å²) in [6.07, 6.45) is 2.16. The molecule has 0 spiro atoms. The molecule has 7 heteroatoms. The molecule has 1 atom stereocenters. The van der Waals surface area contributed by atoms with Crippen molar-refractivity contribution in [3.8, 4) is 17.2 Å². The molecule has 25 heavy (non-hydrogen) atoms. The topological polar surface area (TPSA) is 135 Å². The van der Waals surface area contributed by atoms with Crippen molar-refractivity contribution in [2.45, 2.75) is 33.1 Å². The number of allylic oxidation sites excluding steroid dienone is 3. The van der Waals surface area contributed by atoms with Crippen molar-refractivity contribution in [1.29, 1.82) is 0 Å². The van der Waals surface area contributed by atoms with Gasteiger partial charge in [-0.1, -0.05) is 17.9 Å². The zero-order valence-electron chi connectivity index (χ0n) is 14.1. The van der Waals surface area contributed by atoms with Gasteiger partial charge in [0.2, 0.25) is 0 Å². The normalized spacial score (nSPS) is 20.1. The first-order valence-electron chi connectivity index (χ1n) is 7.40. The number of rotatable bonds is 3. The summed E-state index contributed by atoms with van der Waals surface area (Å²) in [5, 5.41) is 42.7. The number of aromatic hydroxyl groups is 3. The SMILES string of the molecule is CC(=O)C1=C([O-])C=C[C@](C)(c2c(O)c(C)c(O)c(C(C)=O)c2O)C1=O. The van der Waals surface area contributed by atoms with Crippen LogP contribution in [-0.2, 0) is 15.0 Å². The zero-order chi connectivity index (χ0) is 19.3. The lowest BCUT2D eigenvalue weighted by Gasteiger charge is -2.33. The van der Waals surface area contributed by atoms with Gasteiger partial charge in [-0.2, -0.15) is 0 Å². The molecule has 132 valence electrons. The second-order valence-corrected chi connectivity index (χ2v) is 6.14. The Labute approximate surface area is 143 Å². The minimum absolute atomic E-state index is 0.110. The molecule has 1 aromatic rings. The Kier molecular flexibility index (Phi) is 4.21. The second-order valence-electron chi connectivity index (χ2n) is 6.14. The predicted molar refractivity (Wildman–Crippen MR) is 85.4 cm³/mol. The number of benzene rings is 1. The van der Waals surface area contributed by atoms with E-state index in [-0.39, 0.29) is 11.1 Å². The first-order chi connectivity index (χ1) is 11.4. The first-order valence-corrected chi connectivity index (χ1v) is 7.40. The standard InChI is InChI=1S/C18H18O7/c1-7-14(22)12(9(3)20)16(24)13(15(7)23)18(4)6-5-10(21)11(8(2)19)17(18)25/h5-6,21-24H,1-4H3/p-1/t18-/m1/s1. The number of phenols is 3. The fraction of sp³-hybridized carbons (Fsp3) is 0.278. The van der Waals surface area contributed by atoms with Crippen molar-refractivity contribution < 1.29 is 34.8 Å². The Balaban J connectivity index is 2.88. The van der Waals surface area contributed by atoms with Gasteiger partial charge < -0.3 is 20.4 Å². The Hall–Kier alpha value is -3.09. The summed E-state index contributed by atoms with van der Waals surface area (Å²) in [6, 6.07) is 0. The van der Waals surface area contributed by atoms with Crippen molar-refractivity contribution >= 4 is 17.3 Å². The highest BCUT2D eigenvalue weighted by atomic mass is 16.3. The third-order valence-corrected chi connectivity index (χ3v) is 4.39. The van der Waals surface area contributed by atoms with Crippen LogP contribution in [0.5, 0.6) is 17.2 Å². The van der Waals surface area contributed by atoms with Crippen molar-refractivity contribution in [3.05, 3.63) is 40.2 Å². The number of Topliss-reactive ketones (excluding diaryl/α,β-unsaturated/α-hetero) is 3. The Bertz CT molecular complexity index is 889. The van der Waals surface area contributed by atoms with Crippen molar-refractivity contribution in [3.63, 3.8) is 0 Å². The van der Waals surface area contributed by atoms with Gasteiger partial charge in [0.25, 0.3) is 0 Å². The molecule has 0 radical (unpaired) electrons. The van der Waals surface area contributed by atoms with Gasteiger partial charge in [0.1, 0.15) is 22.8 Å². The van der Waals surface area contributed by atoms with Gasteiger partial charge in [-0.15, -0.1) is 0 Å². The van der Waals surface area contributed by atoms with Crippen molar-refractivity contribution in [1.82, 2.24) is 0 Å². The molecule has 1 aromatic carbocycles. The highest BCUT2D eigenvalue weighted by Gasteiger charge is 2.43. The smallest absolute Gasteiger partial charge is 0.180 e. The molecule has 2 rings (SSSR count). The van der Waals surface area contributed by atoms with Gasteiger partial charge in [0, 0.05) is 5.56 Å². The van der Waals surface area contributed by atoms with E-state index < -0.39 is 56.9 Å². The summed E-state index contributed by atoms with van der Waals surface area (Å²) >= 11 is 0. The molecule has 0 amide bonds. The lowest BCUT2D eigenvalue weighted by atomic mass is 9.70. The largest absolute Gasteiger partial charge is 0.872 e. The van der Waals surface area contributed by atoms with Crippen LogP contribution < -0.4 is 5.11 Å². The highest BCUT2D eigenvalue weighted by Crippen LogP contribution is 2.49. The van der Waals surface area contributed by atoms with Gasteiger partial charge >= 0.3 is 0 Å². The fourth-order valence-corrected chi connectivity index (χ4v) is 2.97. The molecule has 0 saturated carbocycles. The van der Waals surface area contributed by atoms with E-state index in [9.17, 15) is 34.8 Å². The lowest BCUT2D eigenvalue weighted by molar-refractivity contribution is -0.296. The van der Waals surface area contributed by atoms with Gasteiger partial charge in [0.05, 0.1) is 16.6 Å². The maximum atomic E-state index is 12.8. The van der Waals surface area contributed by atoms with Gasteiger partial charge in [-0.25, -0.2) is 0 Å². The number of carbonyl (C=O) groups is 3. The van der Waals surface area contributed by atoms with Gasteiger partial charge in [0.15, 0.2) is 17.3 Å². The monoisotopic (exact) mass is 345 g/mol. The van der Waals surface area contributed by atoms with E-state index in [0.717, 1.165) is 26.0 Å². The summed E-state index contributed by atoms with van der Waals surface area (Å²) in [6.45, 7) is 4.78. The van der Waals surface area contributed by atoms with Crippen molar-refractivity contribution in [2.75, 3.05) is 0 Å². The Morgan fingerprint density at radius 3 is 2.08 bits per heavy atom. The van der Waals surface area contributed by atoms with E-state index >= 15 is 0 Å². The molecule has 0 aromatic heterocycles. The maximum Gasteiger partial charge on any atom is 0.180 e. The number of carbonyl (C=O) groups excluding carboxylic acids is 3. The number of hydrogen-bond donors (Lipinski definition) is 3. The quantitative estimate of drug-likeness (QED) is 0.547. The molecule has 0 aliphatic heterocycles. The van der Waals surface area contributed by atoms with Crippen LogP contribution in [0.1, 0.15) is 42.3 Å². The Morgan fingerprint density at radius 2 is 1.60 bits per heavy atom. The van der Waals surface area contributed by atoms with Crippen LogP contribution in [0.25, 0.3) is 0 Å².